The highest BCUT2D eigenvalue weighted by Crippen LogP contribution is 2.30. The summed E-state index contributed by atoms with van der Waals surface area (Å²) in [5.74, 6) is 0.939. The van der Waals surface area contributed by atoms with Crippen molar-refractivity contribution in [1.29, 1.82) is 0 Å². The predicted molar refractivity (Wildman–Crippen MR) is 150 cm³/mol. The molecule has 2 fully saturated rings. The third kappa shape index (κ3) is 6.34. The van der Waals surface area contributed by atoms with Crippen molar-refractivity contribution in [1.82, 2.24) is 15.2 Å². The molecule has 0 bridgehead atoms. The highest BCUT2D eigenvalue weighted by molar-refractivity contribution is 6.42. The maximum Gasteiger partial charge on any atom is 0.252 e. The van der Waals surface area contributed by atoms with Gasteiger partial charge in [0.05, 0.1) is 21.1 Å². The molecule has 0 spiro atoms. The van der Waals surface area contributed by atoms with Crippen molar-refractivity contribution in [2.24, 2.45) is 11.8 Å². The van der Waals surface area contributed by atoms with E-state index in [9.17, 15) is 9.59 Å². The van der Waals surface area contributed by atoms with E-state index in [-0.39, 0.29) is 23.7 Å². The molecule has 1 aliphatic heterocycles. The highest BCUT2D eigenvalue weighted by Gasteiger charge is 2.28. The highest BCUT2D eigenvalue weighted by atomic mass is 35.5. The van der Waals surface area contributed by atoms with Crippen molar-refractivity contribution < 1.29 is 9.59 Å². The molecule has 0 atom stereocenters. The number of carbonyl (C=O) groups excluding carboxylic acids is 2. The lowest BCUT2D eigenvalue weighted by atomic mass is 9.83. The van der Waals surface area contributed by atoms with E-state index in [0.717, 1.165) is 69.1 Å². The summed E-state index contributed by atoms with van der Waals surface area (Å²) < 4.78 is 0. The largest absolute Gasteiger partial charge is 0.349 e. The molecular weight excluding hydrogens is 505 g/mol. The summed E-state index contributed by atoms with van der Waals surface area (Å²) in [6, 6.07) is 15.0. The van der Waals surface area contributed by atoms with Crippen LogP contribution >= 0.6 is 23.2 Å². The number of ketones is 1. The Hall–Kier alpha value is -2.47. The zero-order chi connectivity index (χ0) is 25.8. The minimum Gasteiger partial charge on any atom is -0.349 e. The van der Waals surface area contributed by atoms with Crippen LogP contribution < -0.4 is 5.32 Å². The van der Waals surface area contributed by atoms with E-state index in [4.69, 9.17) is 23.2 Å². The molecule has 1 N–H and O–H groups in total. The van der Waals surface area contributed by atoms with Crippen LogP contribution in [-0.4, -0.2) is 47.3 Å². The number of carbonyl (C=O) groups is 2. The van der Waals surface area contributed by atoms with Crippen LogP contribution in [0, 0.1) is 11.8 Å². The number of amides is 1. The molecule has 5 rings (SSSR count). The number of nitrogens with zero attached hydrogens (tertiary/aromatic N) is 2. The Morgan fingerprint density at radius 2 is 1.68 bits per heavy atom. The normalized spacial score (nSPS) is 21.1. The molecular formula is C30H33Cl2N3O2. The average molecular weight is 539 g/mol. The van der Waals surface area contributed by atoms with Crippen molar-refractivity contribution >= 4 is 45.8 Å². The Balaban J connectivity index is 1.03. The number of Topliss-reactive ketones (excluding diaryl/α,β-unsaturated/α-hetero) is 1. The number of pyridine rings is 1. The van der Waals surface area contributed by atoms with Crippen LogP contribution in [0.3, 0.4) is 0 Å². The molecule has 3 aromatic rings. The summed E-state index contributed by atoms with van der Waals surface area (Å²) >= 11 is 12.1. The fraction of sp³-hybridized carbons (Fsp3) is 0.433. The van der Waals surface area contributed by atoms with Crippen LogP contribution in [0.5, 0.6) is 0 Å². The first kappa shape index (κ1) is 26.1. The molecule has 1 aromatic heterocycles. The van der Waals surface area contributed by atoms with Gasteiger partial charge in [-0.3, -0.25) is 14.6 Å². The summed E-state index contributed by atoms with van der Waals surface area (Å²) in [5, 5.41) is 5.08. The van der Waals surface area contributed by atoms with Crippen molar-refractivity contribution in [2.75, 3.05) is 19.6 Å². The molecule has 0 unspecified atom stereocenters. The second kappa shape index (κ2) is 11.9. The standard InChI is InChI=1S/C30H33Cl2N3O2/c31-26-10-7-22(19-27(26)32)29(36)21-13-17-35(18-14-21)16-12-20-5-8-23(9-6-20)34-30(37)25-11-15-33-28-4-2-1-3-24(25)28/h1-4,7,10-11,15,19-21,23H,5-6,8-9,12-14,16-18H2,(H,34,37). The lowest BCUT2D eigenvalue weighted by Gasteiger charge is -2.34. The van der Waals surface area contributed by atoms with Gasteiger partial charge >= 0.3 is 0 Å². The number of para-hydroxylation sites is 1. The quantitative estimate of drug-likeness (QED) is 0.336. The van der Waals surface area contributed by atoms with Gasteiger partial charge in [-0.05, 0) is 101 Å². The first-order valence-electron chi connectivity index (χ1n) is 13.3. The number of rotatable bonds is 7. The zero-order valence-electron chi connectivity index (χ0n) is 21.0. The molecule has 2 aromatic carbocycles. The lowest BCUT2D eigenvalue weighted by Crippen LogP contribution is -2.39. The molecule has 1 saturated carbocycles. The molecule has 0 radical (unpaired) electrons. The molecule has 1 saturated heterocycles. The van der Waals surface area contributed by atoms with Gasteiger partial charge in [0, 0.05) is 29.1 Å². The lowest BCUT2D eigenvalue weighted by molar-refractivity contribution is 0.0832. The predicted octanol–water partition coefficient (Wildman–Crippen LogP) is 6.82. The third-order valence-electron chi connectivity index (χ3n) is 8.09. The zero-order valence-corrected chi connectivity index (χ0v) is 22.5. The second-order valence-corrected chi connectivity index (χ2v) is 11.3. The van der Waals surface area contributed by atoms with Gasteiger partial charge in [0.25, 0.3) is 5.91 Å². The van der Waals surface area contributed by atoms with Crippen LogP contribution in [0.1, 0.15) is 65.7 Å². The second-order valence-electron chi connectivity index (χ2n) is 10.5. The Bertz CT molecular complexity index is 1260. The van der Waals surface area contributed by atoms with E-state index in [2.05, 4.69) is 15.2 Å². The number of hydrogen-bond donors (Lipinski definition) is 1. The van der Waals surface area contributed by atoms with Gasteiger partial charge in [-0.1, -0.05) is 41.4 Å². The summed E-state index contributed by atoms with van der Waals surface area (Å²) in [5.41, 5.74) is 2.21. The van der Waals surface area contributed by atoms with E-state index in [1.165, 1.54) is 6.42 Å². The SMILES string of the molecule is O=C(NC1CCC(CCN2CCC(C(=O)c3ccc(Cl)c(Cl)c3)CC2)CC1)c1ccnc2ccccc12. The third-order valence-corrected chi connectivity index (χ3v) is 8.83. The van der Waals surface area contributed by atoms with E-state index in [0.29, 0.717) is 27.1 Å². The van der Waals surface area contributed by atoms with E-state index >= 15 is 0 Å². The molecule has 1 amide bonds. The summed E-state index contributed by atoms with van der Waals surface area (Å²) in [4.78, 5) is 32.7. The van der Waals surface area contributed by atoms with E-state index in [1.807, 2.05) is 30.3 Å². The summed E-state index contributed by atoms with van der Waals surface area (Å²) in [6.45, 7) is 3.00. The first-order chi connectivity index (χ1) is 18.0. The van der Waals surface area contributed by atoms with Gasteiger partial charge < -0.3 is 10.2 Å². The van der Waals surface area contributed by atoms with E-state index in [1.54, 1.807) is 24.4 Å². The van der Waals surface area contributed by atoms with E-state index < -0.39 is 0 Å². The molecule has 37 heavy (non-hydrogen) atoms. The first-order valence-corrected chi connectivity index (χ1v) is 14.1. The molecule has 5 nitrogen and oxygen atoms in total. The molecule has 2 aliphatic rings. The number of halogens is 2. The Morgan fingerprint density at radius 1 is 0.919 bits per heavy atom. The van der Waals surface area contributed by atoms with Gasteiger partial charge in [-0.2, -0.15) is 0 Å². The smallest absolute Gasteiger partial charge is 0.252 e. The van der Waals surface area contributed by atoms with Crippen LogP contribution in [0.25, 0.3) is 10.9 Å². The maximum atomic E-state index is 13.0. The van der Waals surface area contributed by atoms with Gasteiger partial charge in [0.2, 0.25) is 0 Å². The van der Waals surface area contributed by atoms with Crippen molar-refractivity contribution in [3.05, 3.63) is 75.9 Å². The minimum absolute atomic E-state index is 0.000314. The Morgan fingerprint density at radius 3 is 2.43 bits per heavy atom. The van der Waals surface area contributed by atoms with Crippen molar-refractivity contribution in [3.8, 4) is 0 Å². The summed E-state index contributed by atoms with van der Waals surface area (Å²) in [7, 11) is 0. The molecule has 7 heteroatoms. The van der Waals surface area contributed by atoms with Gasteiger partial charge in [0.15, 0.2) is 5.78 Å². The molecule has 2 heterocycles. The van der Waals surface area contributed by atoms with Crippen molar-refractivity contribution in [2.45, 2.75) is 51.0 Å². The number of hydrogen-bond acceptors (Lipinski definition) is 4. The van der Waals surface area contributed by atoms with Crippen LogP contribution in [-0.2, 0) is 0 Å². The number of nitrogens with one attached hydrogen (secondary N) is 1. The Labute approximate surface area is 228 Å². The van der Waals surface area contributed by atoms with Gasteiger partial charge in [0.1, 0.15) is 0 Å². The monoisotopic (exact) mass is 537 g/mol. The van der Waals surface area contributed by atoms with Gasteiger partial charge in [-0.15, -0.1) is 0 Å². The van der Waals surface area contributed by atoms with Crippen LogP contribution in [0.15, 0.2) is 54.7 Å². The fourth-order valence-corrected chi connectivity index (χ4v) is 6.12. The van der Waals surface area contributed by atoms with Gasteiger partial charge in [-0.25, -0.2) is 0 Å². The number of fused-ring (bicyclic) bond motifs is 1. The Kier molecular flexibility index (Phi) is 8.43. The number of likely N-dealkylation sites (tertiary alicyclic amines) is 1. The van der Waals surface area contributed by atoms with Crippen LogP contribution in [0.4, 0.5) is 0 Å². The number of benzene rings is 2. The molecule has 1 aliphatic carbocycles. The maximum absolute atomic E-state index is 13.0. The number of piperidine rings is 1. The fourth-order valence-electron chi connectivity index (χ4n) is 5.82. The number of aromatic nitrogens is 1. The summed E-state index contributed by atoms with van der Waals surface area (Å²) in [6.07, 6.45) is 9.02. The molecule has 194 valence electrons. The average Bonchev–Trinajstić information content (AvgIpc) is 2.93. The minimum atomic E-state index is 0.000314. The van der Waals surface area contributed by atoms with Crippen LogP contribution in [0.2, 0.25) is 10.0 Å². The van der Waals surface area contributed by atoms with Crippen molar-refractivity contribution in [3.63, 3.8) is 0 Å². The topological polar surface area (TPSA) is 62.3 Å².